The third-order valence-electron chi connectivity index (χ3n) is 5.35. The summed E-state index contributed by atoms with van der Waals surface area (Å²) in [5.74, 6) is -2.01. The summed E-state index contributed by atoms with van der Waals surface area (Å²) in [6.07, 6.45) is 1.72. The van der Waals surface area contributed by atoms with Gasteiger partial charge in [-0.1, -0.05) is 46.7 Å². The zero-order chi connectivity index (χ0) is 23.4. The van der Waals surface area contributed by atoms with Crippen LogP contribution in [0.2, 0.25) is 10.0 Å². The minimum Gasteiger partial charge on any atom is -0.505 e. The first-order valence-corrected chi connectivity index (χ1v) is 11.3. The zero-order valence-electron chi connectivity index (χ0n) is 17.3. The van der Waals surface area contributed by atoms with Crippen molar-refractivity contribution in [1.29, 1.82) is 0 Å². The highest BCUT2D eigenvalue weighted by molar-refractivity contribution is 7.15. The normalized spacial score (nSPS) is 17.9. The van der Waals surface area contributed by atoms with Crippen LogP contribution in [-0.2, 0) is 9.59 Å². The number of hydrogen-bond donors (Lipinski definition) is 1. The second-order valence-electron chi connectivity index (χ2n) is 7.42. The van der Waals surface area contributed by atoms with Gasteiger partial charge >= 0.3 is 5.91 Å². The smallest absolute Gasteiger partial charge is 0.301 e. The molecule has 1 unspecified atom stereocenters. The molecule has 0 spiro atoms. The number of imidazole rings is 1. The summed E-state index contributed by atoms with van der Waals surface area (Å²) in [5.41, 5.74) is 1.81. The van der Waals surface area contributed by atoms with Gasteiger partial charge in [-0.25, -0.2) is 4.98 Å². The maximum atomic E-state index is 13.3. The SMILES string of the molecule is Cc1nnc(N2C(=O)C(=O)C(=C(O)c3c(C)nc4ccccn34)C2c2ccc(Cl)c(Cl)c2)s1. The number of Topliss-reactive ketones (excluding diaryl/α,β-unsaturated/α-hetero) is 1. The quantitative estimate of drug-likeness (QED) is 0.248. The highest BCUT2D eigenvalue weighted by Crippen LogP contribution is 2.44. The lowest BCUT2D eigenvalue weighted by Crippen LogP contribution is -2.29. The number of rotatable bonds is 3. The fraction of sp³-hybridized carbons (Fsp3) is 0.136. The van der Waals surface area contributed by atoms with Crippen LogP contribution in [0.1, 0.15) is 28.0 Å². The fourth-order valence-electron chi connectivity index (χ4n) is 3.94. The number of aliphatic hydroxyl groups excluding tert-OH is 1. The van der Waals surface area contributed by atoms with Crippen molar-refractivity contribution in [2.45, 2.75) is 19.9 Å². The third kappa shape index (κ3) is 3.40. The van der Waals surface area contributed by atoms with Crippen LogP contribution >= 0.6 is 34.5 Å². The topological polar surface area (TPSA) is 101 Å². The van der Waals surface area contributed by atoms with Crippen LogP contribution in [0.5, 0.6) is 0 Å². The first kappa shape index (κ1) is 21.6. The van der Waals surface area contributed by atoms with E-state index in [0.29, 0.717) is 32.6 Å². The van der Waals surface area contributed by atoms with Crippen LogP contribution in [-0.4, -0.2) is 36.4 Å². The molecule has 1 fully saturated rings. The van der Waals surface area contributed by atoms with Crippen LogP contribution < -0.4 is 4.90 Å². The molecule has 1 atom stereocenters. The van der Waals surface area contributed by atoms with E-state index in [0.717, 1.165) is 11.3 Å². The summed E-state index contributed by atoms with van der Waals surface area (Å²) < 4.78 is 1.67. The molecule has 0 bridgehead atoms. The number of anilines is 1. The number of amides is 1. The van der Waals surface area contributed by atoms with Crippen molar-refractivity contribution < 1.29 is 14.7 Å². The van der Waals surface area contributed by atoms with Crippen molar-refractivity contribution in [2.75, 3.05) is 4.90 Å². The van der Waals surface area contributed by atoms with Crippen LogP contribution in [0.15, 0.2) is 48.2 Å². The Morgan fingerprint density at radius 2 is 1.88 bits per heavy atom. The molecule has 33 heavy (non-hydrogen) atoms. The molecular formula is C22H15Cl2N5O3S. The number of aliphatic hydroxyl groups is 1. The van der Waals surface area contributed by atoms with E-state index in [4.69, 9.17) is 23.2 Å². The van der Waals surface area contributed by atoms with Gasteiger partial charge in [0.25, 0.3) is 5.78 Å². The molecule has 0 aliphatic carbocycles. The number of aromatic nitrogens is 4. The Kier molecular flexibility index (Phi) is 5.19. The second kappa shape index (κ2) is 7.95. The molecule has 4 aromatic rings. The van der Waals surface area contributed by atoms with E-state index in [-0.39, 0.29) is 21.5 Å². The van der Waals surface area contributed by atoms with Crippen LogP contribution in [0.4, 0.5) is 5.13 Å². The minimum absolute atomic E-state index is 0.0972. The fourth-order valence-corrected chi connectivity index (χ4v) is 4.96. The van der Waals surface area contributed by atoms with Gasteiger partial charge in [-0.05, 0) is 43.7 Å². The lowest BCUT2D eigenvalue weighted by molar-refractivity contribution is -0.132. The summed E-state index contributed by atoms with van der Waals surface area (Å²) in [6.45, 7) is 3.47. The van der Waals surface area contributed by atoms with E-state index in [9.17, 15) is 14.7 Å². The van der Waals surface area contributed by atoms with E-state index >= 15 is 0 Å². The Bertz CT molecular complexity index is 1490. The first-order chi connectivity index (χ1) is 15.8. The largest absolute Gasteiger partial charge is 0.505 e. The number of nitrogens with zero attached hydrogens (tertiary/aromatic N) is 5. The van der Waals surface area contributed by atoms with Crippen molar-refractivity contribution >= 4 is 62.8 Å². The average Bonchev–Trinajstić information content (AvgIpc) is 3.43. The Hall–Kier alpha value is -3.27. The molecule has 1 saturated heterocycles. The van der Waals surface area contributed by atoms with E-state index in [1.807, 2.05) is 6.07 Å². The second-order valence-corrected chi connectivity index (χ2v) is 9.40. The number of hydrogen-bond acceptors (Lipinski definition) is 7. The van der Waals surface area contributed by atoms with E-state index in [1.165, 1.54) is 4.90 Å². The van der Waals surface area contributed by atoms with Crippen molar-refractivity contribution in [2.24, 2.45) is 0 Å². The van der Waals surface area contributed by atoms with Crippen molar-refractivity contribution in [3.63, 3.8) is 0 Å². The summed E-state index contributed by atoms with van der Waals surface area (Å²) in [6, 6.07) is 9.19. The molecule has 166 valence electrons. The van der Waals surface area contributed by atoms with Crippen LogP contribution in [0, 0.1) is 13.8 Å². The molecule has 1 aliphatic heterocycles. The molecule has 8 nitrogen and oxygen atoms in total. The zero-order valence-corrected chi connectivity index (χ0v) is 19.6. The number of carbonyl (C=O) groups is 2. The third-order valence-corrected chi connectivity index (χ3v) is 6.93. The van der Waals surface area contributed by atoms with E-state index < -0.39 is 17.7 Å². The van der Waals surface area contributed by atoms with Gasteiger partial charge in [-0.15, -0.1) is 10.2 Å². The molecule has 1 N–H and O–H groups in total. The van der Waals surface area contributed by atoms with Gasteiger partial charge in [0.15, 0.2) is 5.76 Å². The Morgan fingerprint density at radius 1 is 1.09 bits per heavy atom. The summed E-state index contributed by atoms with van der Waals surface area (Å²) in [5, 5.41) is 20.9. The van der Waals surface area contributed by atoms with E-state index in [1.54, 1.807) is 54.8 Å². The lowest BCUT2D eigenvalue weighted by atomic mass is 9.96. The predicted octanol–water partition coefficient (Wildman–Crippen LogP) is 4.74. The molecule has 0 saturated carbocycles. The summed E-state index contributed by atoms with van der Waals surface area (Å²) in [4.78, 5) is 32.1. The van der Waals surface area contributed by atoms with Gasteiger partial charge < -0.3 is 5.11 Å². The number of fused-ring (bicyclic) bond motifs is 1. The predicted molar refractivity (Wildman–Crippen MR) is 126 cm³/mol. The number of halogens is 2. The van der Waals surface area contributed by atoms with Gasteiger partial charge in [-0.2, -0.15) is 0 Å². The van der Waals surface area contributed by atoms with Crippen LogP contribution in [0.3, 0.4) is 0 Å². The molecule has 0 radical (unpaired) electrons. The number of carbonyl (C=O) groups excluding carboxylic acids is 2. The molecule has 1 amide bonds. The average molecular weight is 500 g/mol. The molecule has 5 rings (SSSR count). The lowest BCUT2D eigenvalue weighted by Gasteiger charge is -2.22. The van der Waals surface area contributed by atoms with Gasteiger partial charge in [0.1, 0.15) is 16.3 Å². The highest BCUT2D eigenvalue weighted by Gasteiger charge is 2.48. The Morgan fingerprint density at radius 3 is 2.58 bits per heavy atom. The number of pyridine rings is 1. The number of ketones is 1. The summed E-state index contributed by atoms with van der Waals surface area (Å²) >= 11 is 13.5. The monoisotopic (exact) mass is 499 g/mol. The Balaban J connectivity index is 1.80. The minimum atomic E-state index is -0.985. The number of aryl methyl sites for hydroxylation is 2. The number of benzene rings is 1. The van der Waals surface area contributed by atoms with Gasteiger partial charge in [-0.3, -0.25) is 18.9 Å². The molecule has 11 heteroatoms. The standard InChI is InChI=1S/C22H15Cl2N5O3S/c1-10-17(28-8-4-3-5-15(28)25-10)19(30)16-18(12-6-7-13(23)14(24)9-12)29(21(32)20(16)31)22-27-26-11(2)33-22/h3-9,18,30H,1-2H3. The van der Waals surface area contributed by atoms with Crippen molar-refractivity contribution in [3.05, 3.63) is 80.2 Å². The maximum Gasteiger partial charge on any atom is 0.301 e. The molecular weight excluding hydrogens is 485 g/mol. The first-order valence-electron chi connectivity index (χ1n) is 9.78. The van der Waals surface area contributed by atoms with Crippen LogP contribution in [0.25, 0.3) is 11.4 Å². The van der Waals surface area contributed by atoms with Gasteiger partial charge in [0.2, 0.25) is 5.13 Å². The van der Waals surface area contributed by atoms with Gasteiger partial charge in [0, 0.05) is 6.20 Å². The molecule has 3 aromatic heterocycles. The van der Waals surface area contributed by atoms with Crippen molar-refractivity contribution in [3.8, 4) is 0 Å². The molecule has 1 aromatic carbocycles. The molecule has 4 heterocycles. The highest BCUT2D eigenvalue weighted by atomic mass is 35.5. The molecule has 1 aliphatic rings. The van der Waals surface area contributed by atoms with E-state index in [2.05, 4.69) is 15.2 Å². The Labute approximate surface area is 201 Å². The maximum absolute atomic E-state index is 13.3. The van der Waals surface area contributed by atoms with Crippen molar-refractivity contribution in [1.82, 2.24) is 19.6 Å². The van der Waals surface area contributed by atoms with Gasteiger partial charge in [0.05, 0.1) is 27.4 Å². The summed E-state index contributed by atoms with van der Waals surface area (Å²) in [7, 11) is 0.